The third-order valence-corrected chi connectivity index (χ3v) is 3.37. The number of aromatic nitrogens is 1. The van der Waals surface area contributed by atoms with Crippen LogP contribution in [0.4, 0.5) is 0 Å². The minimum Gasteiger partial charge on any atom is -0.306 e. The number of hydrogen-bond acceptors (Lipinski definition) is 2. The first-order chi connectivity index (χ1) is 7.24. The van der Waals surface area contributed by atoms with Gasteiger partial charge >= 0.3 is 0 Å². The highest BCUT2D eigenvalue weighted by atomic mass is 35.5. The molecule has 0 saturated carbocycles. The van der Waals surface area contributed by atoms with Gasteiger partial charge in [0.15, 0.2) is 0 Å². The van der Waals surface area contributed by atoms with Crippen LogP contribution in [0.1, 0.15) is 18.4 Å². The van der Waals surface area contributed by atoms with Crippen molar-refractivity contribution in [3.8, 4) is 0 Å². The molecule has 15 heavy (non-hydrogen) atoms. The summed E-state index contributed by atoms with van der Waals surface area (Å²) in [4.78, 5) is 6.51. The number of pyridine rings is 1. The minimum atomic E-state index is 0.585. The molecular formula is C12H17ClN2. The first-order valence-electron chi connectivity index (χ1n) is 5.53. The van der Waals surface area contributed by atoms with E-state index in [4.69, 9.17) is 11.6 Å². The maximum atomic E-state index is 5.76. The predicted octanol–water partition coefficient (Wildman–Crippen LogP) is 2.62. The molecule has 0 radical (unpaired) electrons. The Bertz CT molecular complexity index is 302. The monoisotopic (exact) mass is 224 g/mol. The molecule has 0 atom stereocenters. The van der Waals surface area contributed by atoms with Crippen LogP contribution in [0.2, 0.25) is 5.15 Å². The first-order valence-corrected chi connectivity index (χ1v) is 5.91. The van der Waals surface area contributed by atoms with Crippen LogP contribution in [0, 0.1) is 5.92 Å². The molecule has 3 heteroatoms. The Hall–Kier alpha value is -0.600. The molecule has 2 heterocycles. The number of piperidine rings is 1. The van der Waals surface area contributed by atoms with Gasteiger partial charge < -0.3 is 4.90 Å². The van der Waals surface area contributed by atoms with E-state index in [1.807, 2.05) is 12.3 Å². The van der Waals surface area contributed by atoms with Gasteiger partial charge in [-0.25, -0.2) is 4.98 Å². The van der Waals surface area contributed by atoms with Crippen LogP contribution in [0.3, 0.4) is 0 Å². The van der Waals surface area contributed by atoms with Crippen LogP contribution in [-0.2, 0) is 6.42 Å². The highest BCUT2D eigenvalue weighted by Crippen LogP contribution is 2.20. The highest BCUT2D eigenvalue weighted by molar-refractivity contribution is 6.29. The lowest BCUT2D eigenvalue weighted by Gasteiger charge is -2.28. The average Bonchev–Trinajstić information content (AvgIpc) is 2.25. The standard InChI is InChI=1S/C12H17ClN2/c1-15-6-4-10(5-7-15)8-11-2-3-12(13)14-9-11/h2-3,9-10H,4-8H2,1H3. The van der Waals surface area contributed by atoms with Crippen LogP contribution in [0.5, 0.6) is 0 Å². The van der Waals surface area contributed by atoms with Crippen molar-refractivity contribution in [3.05, 3.63) is 29.0 Å². The molecule has 1 aromatic heterocycles. The molecule has 0 aromatic carbocycles. The zero-order valence-corrected chi connectivity index (χ0v) is 9.87. The lowest BCUT2D eigenvalue weighted by Crippen LogP contribution is -2.30. The van der Waals surface area contributed by atoms with E-state index < -0.39 is 0 Å². The normalized spacial score (nSPS) is 19.3. The fourth-order valence-corrected chi connectivity index (χ4v) is 2.24. The molecule has 1 fully saturated rings. The molecule has 0 N–H and O–H groups in total. The summed E-state index contributed by atoms with van der Waals surface area (Å²) in [5.74, 6) is 0.823. The van der Waals surface area contributed by atoms with Crippen LogP contribution in [0.15, 0.2) is 18.3 Å². The molecule has 0 aliphatic carbocycles. The van der Waals surface area contributed by atoms with E-state index in [2.05, 4.69) is 23.0 Å². The quantitative estimate of drug-likeness (QED) is 0.718. The molecule has 0 amide bonds. The van der Waals surface area contributed by atoms with Gasteiger partial charge in [0.2, 0.25) is 0 Å². The second-order valence-electron chi connectivity index (χ2n) is 4.44. The van der Waals surface area contributed by atoms with Crippen molar-refractivity contribution < 1.29 is 0 Å². The number of rotatable bonds is 2. The average molecular weight is 225 g/mol. The predicted molar refractivity (Wildman–Crippen MR) is 63.2 cm³/mol. The van der Waals surface area contributed by atoms with E-state index in [0.717, 1.165) is 12.3 Å². The zero-order valence-electron chi connectivity index (χ0n) is 9.12. The van der Waals surface area contributed by atoms with E-state index in [0.29, 0.717) is 5.15 Å². The summed E-state index contributed by atoms with van der Waals surface area (Å²) >= 11 is 5.76. The number of halogens is 1. The Balaban J connectivity index is 1.89. The van der Waals surface area contributed by atoms with E-state index in [1.165, 1.54) is 31.5 Å². The van der Waals surface area contributed by atoms with Gasteiger partial charge in [-0.05, 0) is 56.9 Å². The molecule has 2 rings (SSSR count). The van der Waals surface area contributed by atoms with Gasteiger partial charge in [-0.3, -0.25) is 0 Å². The van der Waals surface area contributed by atoms with Crippen molar-refractivity contribution in [2.24, 2.45) is 5.92 Å². The molecule has 1 aliphatic heterocycles. The summed E-state index contributed by atoms with van der Waals surface area (Å²) in [6.45, 7) is 2.46. The van der Waals surface area contributed by atoms with Gasteiger partial charge in [0.1, 0.15) is 5.15 Å². The summed E-state index contributed by atoms with van der Waals surface area (Å²) in [6.07, 6.45) is 5.66. The fourth-order valence-electron chi connectivity index (χ4n) is 2.13. The number of nitrogens with zero attached hydrogens (tertiary/aromatic N) is 2. The third-order valence-electron chi connectivity index (χ3n) is 3.15. The Kier molecular flexibility index (Phi) is 3.60. The van der Waals surface area contributed by atoms with Gasteiger partial charge in [-0.2, -0.15) is 0 Å². The van der Waals surface area contributed by atoms with Crippen LogP contribution >= 0.6 is 11.6 Å². The maximum Gasteiger partial charge on any atom is 0.129 e. The summed E-state index contributed by atoms with van der Waals surface area (Å²) in [5.41, 5.74) is 1.31. The molecule has 1 saturated heterocycles. The Labute approximate surface area is 96.3 Å². The first kappa shape index (κ1) is 10.9. The fraction of sp³-hybridized carbons (Fsp3) is 0.583. The largest absolute Gasteiger partial charge is 0.306 e. The summed E-state index contributed by atoms with van der Waals surface area (Å²) < 4.78 is 0. The van der Waals surface area contributed by atoms with Crippen molar-refractivity contribution in [1.82, 2.24) is 9.88 Å². The van der Waals surface area contributed by atoms with Crippen molar-refractivity contribution in [1.29, 1.82) is 0 Å². The number of hydrogen-bond donors (Lipinski definition) is 0. The SMILES string of the molecule is CN1CCC(Cc2ccc(Cl)nc2)CC1. The number of likely N-dealkylation sites (tertiary alicyclic amines) is 1. The molecule has 2 nitrogen and oxygen atoms in total. The van der Waals surface area contributed by atoms with E-state index in [9.17, 15) is 0 Å². The molecule has 1 aliphatic rings. The van der Waals surface area contributed by atoms with E-state index in [-0.39, 0.29) is 0 Å². The minimum absolute atomic E-state index is 0.585. The second-order valence-corrected chi connectivity index (χ2v) is 4.83. The smallest absolute Gasteiger partial charge is 0.129 e. The van der Waals surface area contributed by atoms with Gasteiger partial charge in [-0.15, -0.1) is 0 Å². The second kappa shape index (κ2) is 4.95. The molecule has 1 aromatic rings. The van der Waals surface area contributed by atoms with Crippen molar-refractivity contribution >= 4 is 11.6 Å². The summed E-state index contributed by atoms with van der Waals surface area (Å²) in [6, 6.07) is 3.97. The van der Waals surface area contributed by atoms with Gasteiger partial charge in [-0.1, -0.05) is 17.7 Å². The van der Waals surface area contributed by atoms with Gasteiger partial charge in [0.25, 0.3) is 0 Å². The molecular weight excluding hydrogens is 208 g/mol. The lowest BCUT2D eigenvalue weighted by atomic mass is 9.91. The maximum absolute atomic E-state index is 5.76. The van der Waals surface area contributed by atoms with Crippen LogP contribution in [0.25, 0.3) is 0 Å². The Morgan fingerprint density at radius 2 is 2.13 bits per heavy atom. The van der Waals surface area contributed by atoms with Gasteiger partial charge in [0, 0.05) is 6.20 Å². The highest BCUT2D eigenvalue weighted by Gasteiger charge is 2.16. The third kappa shape index (κ3) is 3.18. The lowest BCUT2D eigenvalue weighted by molar-refractivity contribution is 0.219. The van der Waals surface area contributed by atoms with Crippen molar-refractivity contribution in [2.45, 2.75) is 19.3 Å². The zero-order chi connectivity index (χ0) is 10.7. The molecule has 0 bridgehead atoms. The summed E-state index contributed by atoms with van der Waals surface area (Å²) in [5, 5.41) is 0.585. The molecule has 82 valence electrons. The van der Waals surface area contributed by atoms with Gasteiger partial charge in [0.05, 0.1) is 0 Å². The summed E-state index contributed by atoms with van der Waals surface area (Å²) in [7, 11) is 2.19. The molecule has 0 unspecified atom stereocenters. The Morgan fingerprint density at radius 3 is 2.73 bits per heavy atom. The van der Waals surface area contributed by atoms with Crippen LogP contribution in [-0.4, -0.2) is 30.0 Å². The van der Waals surface area contributed by atoms with Crippen LogP contribution < -0.4 is 0 Å². The Morgan fingerprint density at radius 1 is 1.40 bits per heavy atom. The topological polar surface area (TPSA) is 16.1 Å². The van der Waals surface area contributed by atoms with E-state index >= 15 is 0 Å². The van der Waals surface area contributed by atoms with Crippen molar-refractivity contribution in [3.63, 3.8) is 0 Å². The van der Waals surface area contributed by atoms with Crippen molar-refractivity contribution in [2.75, 3.05) is 20.1 Å². The molecule has 0 spiro atoms. The van der Waals surface area contributed by atoms with E-state index in [1.54, 1.807) is 0 Å².